The second kappa shape index (κ2) is 56.2. The lowest BCUT2D eigenvalue weighted by Gasteiger charge is -2.18. The summed E-state index contributed by atoms with van der Waals surface area (Å²) < 4.78 is 16.9. The highest BCUT2D eigenvalue weighted by atomic mass is 16.6. The van der Waals surface area contributed by atoms with Crippen LogP contribution in [0.25, 0.3) is 0 Å². The highest BCUT2D eigenvalue weighted by Crippen LogP contribution is 2.17. The number of esters is 3. The van der Waals surface area contributed by atoms with Gasteiger partial charge in [-0.25, -0.2) is 0 Å². The summed E-state index contributed by atoms with van der Waals surface area (Å²) in [5.74, 6) is -0.884. The number of hydrogen-bond donors (Lipinski definition) is 0. The van der Waals surface area contributed by atoms with Crippen molar-refractivity contribution in [2.24, 2.45) is 0 Å². The van der Waals surface area contributed by atoms with Gasteiger partial charge in [-0.1, -0.05) is 263 Å². The molecular weight excluding hydrogens is 829 g/mol. The number of carbonyl (C=O) groups is 3. The third kappa shape index (κ3) is 54.4. The molecular formula is C61H112O6. The topological polar surface area (TPSA) is 78.9 Å². The van der Waals surface area contributed by atoms with Gasteiger partial charge in [0, 0.05) is 19.3 Å². The van der Waals surface area contributed by atoms with Crippen LogP contribution in [0.1, 0.15) is 316 Å². The molecule has 0 saturated heterocycles. The van der Waals surface area contributed by atoms with Crippen LogP contribution in [0, 0.1) is 0 Å². The standard InChI is InChI=1S/C61H112O6/c1-4-7-10-13-16-19-22-25-27-28-29-30-31-32-33-34-37-39-42-45-48-51-54-60(63)66-57-58(56-65-59(62)53-50-47-44-41-38-35-24-21-18-15-12-9-6-3)67-61(64)55-52-49-46-43-40-36-26-23-20-17-14-11-8-5-2/h14,17,21,23-24,26,58H,4-13,15-16,18-20,22,25,27-57H2,1-3H3/b17-14-,24-21-,26-23-. The van der Waals surface area contributed by atoms with Crippen molar-refractivity contribution in [1.29, 1.82) is 0 Å². The molecule has 0 N–H and O–H groups in total. The van der Waals surface area contributed by atoms with Gasteiger partial charge in [-0.3, -0.25) is 14.4 Å². The minimum atomic E-state index is -0.780. The maximum atomic E-state index is 12.8. The summed E-state index contributed by atoms with van der Waals surface area (Å²) in [7, 11) is 0. The predicted molar refractivity (Wildman–Crippen MR) is 289 cm³/mol. The molecule has 6 nitrogen and oxygen atoms in total. The molecule has 6 heteroatoms. The first kappa shape index (κ1) is 64.6. The number of rotatable bonds is 54. The van der Waals surface area contributed by atoms with E-state index >= 15 is 0 Å². The normalized spacial score (nSPS) is 12.2. The number of ether oxygens (including phenoxy) is 3. The van der Waals surface area contributed by atoms with Crippen molar-refractivity contribution < 1.29 is 28.6 Å². The summed E-state index contributed by atoms with van der Waals surface area (Å²) in [5.41, 5.74) is 0. The van der Waals surface area contributed by atoms with E-state index < -0.39 is 6.10 Å². The van der Waals surface area contributed by atoms with Gasteiger partial charge in [-0.15, -0.1) is 0 Å². The molecule has 0 saturated carbocycles. The van der Waals surface area contributed by atoms with Gasteiger partial charge in [0.05, 0.1) is 0 Å². The fraction of sp³-hybridized carbons (Fsp3) is 0.852. The van der Waals surface area contributed by atoms with Crippen LogP contribution >= 0.6 is 0 Å². The number of unbranched alkanes of at least 4 members (excludes halogenated alkanes) is 37. The second-order valence-corrected chi connectivity index (χ2v) is 19.9. The van der Waals surface area contributed by atoms with Gasteiger partial charge in [0.15, 0.2) is 6.10 Å². The molecule has 0 aliphatic heterocycles. The second-order valence-electron chi connectivity index (χ2n) is 19.9. The van der Waals surface area contributed by atoms with Gasteiger partial charge in [-0.05, 0) is 70.6 Å². The Balaban J connectivity index is 4.27. The Bertz CT molecular complexity index is 1130. The minimum Gasteiger partial charge on any atom is -0.462 e. The van der Waals surface area contributed by atoms with E-state index in [1.165, 1.54) is 186 Å². The lowest BCUT2D eigenvalue weighted by atomic mass is 10.0. The van der Waals surface area contributed by atoms with Crippen LogP contribution in [-0.4, -0.2) is 37.2 Å². The zero-order chi connectivity index (χ0) is 48.6. The first-order chi connectivity index (χ1) is 33.0. The molecule has 0 spiro atoms. The Morgan fingerprint density at radius 3 is 0.896 bits per heavy atom. The largest absolute Gasteiger partial charge is 0.462 e. The van der Waals surface area contributed by atoms with E-state index in [-0.39, 0.29) is 31.1 Å². The molecule has 0 rings (SSSR count). The van der Waals surface area contributed by atoms with E-state index in [1.54, 1.807) is 0 Å². The summed E-state index contributed by atoms with van der Waals surface area (Å²) in [6, 6.07) is 0. The van der Waals surface area contributed by atoms with Gasteiger partial charge in [0.2, 0.25) is 0 Å². The molecule has 0 aliphatic carbocycles. The van der Waals surface area contributed by atoms with Crippen molar-refractivity contribution in [3.8, 4) is 0 Å². The van der Waals surface area contributed by atoms with E-state index in [9.17, 15) is 14.4 Å². The van der Waals surface area contributed by atoms with Crippen LogP contribution in [0.4, 0.5) is 0 Å². The van der Waals surface area contributed by atoms with Crippen LogP contribution in [-0.2, 0) is 28.6 Å². The summed E-state index contributed by atoms with van der Waals surface area (Å²) in [4.78, 5) is 38.1. The Labute approximate surface area is 416 Å². The Morgan fingerprint density at radius 1 is 0.299 bits per heavy atom. The predicted octanol–water partition coefficient (Wildman–Crippen LogP) is 19.7. The SMILES string of the molecule is CCCC/C=C\C/C=C\CCCCCCCC(=O)OC(COC(=O)CCCCCCC/C=C\CCCCCC)COC(=O)CCCCCCCCCCCCCCCCCCCCCCCC. The molecule has 0 bridgehead atoms. The first-order valence-corrected chi connectivity index (χ1v) is 29.5. The van der Waals surface area contributed by atoms with E-state index in [4.69, 9.17) is 14.2 Å². The Morgan fingerprint density at radius 2 is 0.552 bits per heavy atom. The van der Waals surface area contributed by atoms with E-state index in [1.807, 2.05) is 0 Å². The molecule has 0 amide bonds. The van der Waals surface area contributed by atoms with Crippen molar-refractivity contribution in [3.05, 3.63) is 36.5 Å². The zero-order valence-corrected chi connectivity index (χ0v) is 44.9. The van der Waals surface area contributed by atoms with Gasteiger partial charge in [-0.2, -0.15) is 0 Å². The average molecular weight is 942 g/mol. The van der Waals surface area contributed by atoms with Gasteiger partial charge >= 0.3 is 17.9 Å². The quantitative estimate of drug-likeness (QED) is 0.0262. The highest BCUT2D eigenvalue weighted by molar-refractivity contribution is 5.71. The molecule has 0 aromatic rings. The van der Waals surface area contributed by atoms with Gasteiger partial charge in [0.1, 0.15) is 13.2 Å². The van der Waals surface area contributed by atoms with Crippen molar-refractivity contribution in [2.45, 2.75) is 322 Å². The molecule has 392 valence electrons. The molecule has 0 aromatic carbocycles. The van der Waals surface area contributed by atoms with Crippen molar-refractivity contribution >= 4 is 17.9 Å². The van der Waals surface area contributed by atoms with E-state index in [0.29, 0.717) is 19.3 Å². The van der Waals surface area contributed by atoms with Gasteiger partial charge < -0.3 is 14.2 Å². The highest BCUT2D eigenvalue weighted by Gasteiger charge is 2.19. The van der Waals surface area contributed by atoms with E-state index in [0.717, 1.165) is 89.9 Å². The fourth-order valence-electron chi connectivity index (χ4n) is 8.63. The third-order valence-corrected chi connectivity index (χ3v) is 13.1. The van der Waals surface area contributed by atoms with Crippen LogP contribution < -0.4 is 0 Å². The molecule has 67 heavy (non-hydrogen) atoms. The Hall–Kier alpha value is -2.37. The number of carbonyl (C=O) groups excluding carboxylic acids is 3. The van der Waals surface area contributed by atoms with Crippen LogP contribution in [0.15, 0.2) is 36.5 Å². The van der Waals surface area contributed by atoms with Crippen molar-refractivity contribution in [1.82, 2.24) is 0 Å². The van der Waals surface area contributed by atoms with Crippen LogP contribution in [0.3, 0.4) is 0 Å². The lowest BCUT2D eigenvalue weighted by Crippen LogP contribution is -2.30. The minimum absolute atomic E-state index is 0.0770. The molecule has 0 aromatic heterocycles. The molecule has 0 aliphatic rings. The first-order valence-electron chi connectivity index (χ1n) is 29.5. The van der Waals surface area contributed by atoms with Crippen molar-refractivity contribution in [3.63, 3.8) is 0 Å². The molecule has 0 radical (unpaired) electrons. The Kier molecular flexibility index (Phi) is 54.2. The molecule has 0 fully saturated rings. The smallest absolute Gasteiger partial charge is 0.306 e. The van der Waals surface area contributed by atoms with E-state index in [2.05, 4.69) is 57.2 Å². The average Bonchev–Trinajstić information content (AvgIpc) is 3.33. The zero-order valence-electron chi connectivity index (χ0n) is 44.9. The fourth-order valence-corrected chi connectivity index (χ4v) is 8.63. The third-order valence-electron chi connectivity index (χ3n) is 13.1. The maximum absolute atomic E-state index is 12.8. The summed E-state index contributed by atoms with van der Waals surface area (Å²) >= 11 is 0. The van der Waals surface area contributed by atoms with Crippen molar-refractivity contribution in [2.75, 3.05) is 13.2 Å². The molecule has 0 heterocycles. The summed E-state index contributed by atoms with van der Waals surface area (Å²) in [6.07, 6.45) is 67.1. The lowest BCUT2D eigenvalue weighted by molar-refractivity contribution is -0.167. The summed E-state index contributed by atoms with van der Waals surface area (Å²) in [6.45, 7) is 6.61. The van der Waals surface area contributed by atoms with Crippen LogP contribution in [0.5, 0.6) is 0 Å². The maximum Gasteiger partial charge on any atom is 0.306 e. The molecule has 1 unspecified atom stereocenters. The molecule has 1 atom stereocenters. The number of hydrogen-bond acceptors (Lipinski definition) is 6. The monoisotopic (exact) mass is 941 g/mol. The van der Waals surface area contributed by atoms with Crippen LogP contribution in [0.2, 0.25) is 0 Å². The summed E-state index contributed by atoms with van der Waals surface area (Å²) in [5, 5.41) is 0. The van der Waals surface area contributed by atoms with Gasteiger partial charge in [0.25, 0.3) is 0 Å². The number of allylic oxidation sites excluding steroid dienone is 6.